The normalized spacial score (nSPS) is 11.3. The Morgan fingerprint density at radius 2 is 1.83 bits per heavy atom. The molecule has 5 aromatic rings. The van der Waals surface area contributed by atoms with Crippen LogP contribution >= 0.6 is 11.3 Å². The minimum Gasteiger partial charge on any atom is -0.431 e. The van der Waals surface area contributed by atoms with Gasteiger partial charge in [-0.2, -0.15) is 0 Å². The van der Waals surface area contributed by atoms with Crippen LogP contribution in [0.3, 0.4) is 0 Å². The zero-order valence-electron chi connectivity index (χ0n) is 15.9. The molecule has 2 aromatic heterocycles. The molecule has 0 amide bonds. The highest BCUT2D eigenvalue weighted by Crippen LogP contribution is 2.32. The van der Waals surface area contributed by atoms with Gasteiger partial charge in [0.2, 0.25) is 0 Å². The van der Waals surface area contributed by atoms with Crippen LogP contribution in [-0.4, -0.2) is 16.5 Å². The van der Waals surface area contributed by atoms with Crippen LogP contribution < -0.4 is 10.1 Å². The molecule has 5 heteroatoms. The number of nitrogens with one attached hydrogen (secondary N) is 2. The number of nitrogens with zero attached hydrogens (tertiary/aromatic N) is 1. The Bertz CT molecular complexity index is 1210. The zero-order chi connectivity index (χ0) is 19.5. The number of fused-ring (bicyclic) bond motifs is 2. The first-order valence-corrected chi connectivity index (χ1v) is 10.5. The number of hydrogen-bond donors (Lipinski definition) is 2. The second-order valence-corrected chi connectivity index (χ2v) is 7.98. The standard InChI is InChI=1S/C24H21N3OS/c1-2-6-17(7-3-1)12-13-25-15-18-16-26-22-14-19(10-11-20(18)22)28-24-27-21-8-4-5-9-23(21)29-24/h1-11,14,16,25-26H,12-13,15H2. The molecule has 2 N–H and O–H groups in total. The molecule has 0 radical (unpaired) electrons. The summed E-state index contributed by atoms with van der Waals surface area (Å²) >= 11 is 1.56. The number of thiazole rings is 1. The second-order valence-electron chi connectivity index (χ2n) is 6.98. The zero-order valence-corrected chi connectivity index (χ0v) is 16.7. The number of benzene rings is 3. The number of aromatic nitrogens is 2. The number of H-pyrrole nitrogens is 1. The molecule has 0 unspecified atom stereocenters. The average molecular weight is 400 g/mol. The van der Waals surface area contributed by atoms with E-state index in [-0.39, 0.29) is 0 Å². The third-order valence-corrected chi connectivity index (χ3v) is 5.88. The minimum absolute atomic E-state index is 0.667. The summed E-state index contributed by atoms with van der Waals surface area (Å²) in [5.41, 5.74) is 4.66. The molecule has 0 aliphatic carbocycles. The van der Waals surface area contributed by atoms with E-state index in [2.05, 4.69) is 63.9 Å². The van der Waals surface area contributed by atoms with Gasteiger partial charge in [-0.25, -0.2) is 4.98 Å². The topological polar surface area (TPSA) is 49.9 Å². The van der Waals surface area contributed by atoms with E-state index < -0.39 is 0 Å². The molecule has 3 aromatic carbocycles. The SMILES string of the molecule is c1ccc(CCNCc2c[nH]c3cc(Oc4nc5ccccc5s4)ccc23)cc1. The molecule has 0 aliphatic heterocycles. The van der Waals surface area contributed by atoms with E-state index in [0.29, 0.717) is 5.19 Å². The number of para-hydroxylation sites is 1. The Hall–Kier alpha value is -3.15. The van der Waals surface area contributed by atoms with Crippen molar-refractivity contribution in [2.75, 3.05) is 6.54 Å². The van der Waals surface area contributed by atoms with Gasteiger partial charge in [0.05, 0.1) is 10.2 Å². The maximum atomic E-state index is 6.00. The molecule has 0 bridgehead atoms. The van der Waals surface area contributed by atoms with Crippen molar-refractivity contribution >= 4 is 32.5 Å². The predicted molar refractivity (Wildman–Crippen MR) is 120 cm³/mol. The molecule has 0 fully saturated rings. The van der Waals surface area contributed by atoms with E-state index in [1.54, 1.807) is 11.3 Å². The van der Waals surface area contributed by atoms with Gasteiger partial charge in [-0.05, 0) is 48.4 Å². The number of hydrogen-bond acceptors (Lipinski definition) is 4. The van der Waals surface area contributed by atoms with Gasteiger partial charge in [0, 0.05) is 29.7 Å². The number of rotatable bonds is 7. The minimum atomic E-state index is 0.667. The molecule has 29 heavy (non-hydrogen) atoms. The fourth-order valence-electron chi connectivity index (χ4n) is 3.47. The lowest BCUT2D eigenvalue weighted by Crippen LogP contribution is -2.16. The van der Waals surface area contributed by atoms with Crippen LogP contribution in [0, 0.1) is 0 Å². The van der Waals surface area contributed by atoms with Gasteiger partial charge < -0.3 is 15.0 Å². The van der Waals surface area contributed by atoms with Crippen LogP contribution in [0.5, 0.6) is 10.9 Å². The van der Waals surface area contributed by atoms with Gasteiger partial charge in [0.1, 0.15) is 5.75 Å². The van der Waals surface area contributed by atoms with E-state index in [1.807, 2.05) is 30.3 Å². The van der Waals surface area contributed by atoms with Crippen LogP contribution in [0.25, 0.3) is 21.1 Å². The van der Waals surface area contributed by atoms with Crippen LogP contribution in [0.2, 0.25) is 0 Å². The van der Waals surface area contributed by atoms with Gasteiger partial charge in [0.25, 0.3) is 5.19 Å². The summed E-state index contributed by atoms with van der Waals surface area (Å²) in [6.07, 6.45) is 3.10. The van der Waals surface area contributed by atoms with Crippen LogP contribution in [0.15, 0.2) is 79.0 Å². The second kappa shape index (κ2) is 8.07. The fraction of sp³-hybridized carbons (Fsp3) is 0.125. The van der Waals surface area contributed by atoms with E-state index in [9.17, 15) is 0 Å². The molecular formula is C24H21N3OS. The van der Waals surface area contributed by atoms with Crippen LogP contribution in [0.1, 0.15) is 11.1 Å². The molecule has 2 heterocycles. The Morgan fingerprint density at radius 1 is 0.966 bits per heavy atom. The summed E-state index contributed by atoms with van der Waals surface area (Å²) in [4.78, 5) is 7.91. The Labute approximate surface area is 173 Å². The molecule has 0 saturated carbocycles. The lowest BCUT2D eigenvalue weighted by Gasteiger charge is -2.05. The number of aromatic amines is 1. The van der Waals surface area contributed by atoms with Gasteiger partial charge in [-0.15, -0.1) is 0 Å². The monoisotopic (exact) mass is 399 g/mol. The van der Waals surface area contributed by atoms with E-state index in [4.69, 9.17) is 4.74 Å². The van der Waals surface area contributed by atoms with Crippen LogP contribution in [-0.2, 0) is 13.0 Å². The highest BCUT2D eigenvalue weighted by molar-refractivity contribution is 7.20. The smallest absolute Gasteiger partial charge is 0.279 e. The molecule has 0 saturated heterocycles. The Kier molecular flexibility index (Phi) is 4.99. The van der Waals surface area contributed by atoms with Crippen molar-refractivity contribution in [3.05, 3.63) is 90.1 Å². The van der Waals surface area contributed by atoms with Crippen molar-refractivity contribution in [2.24, 2.45) is 0 Å². The largest absolute Gasteiger partial charge is 0.431 e. The summed E-state index contributed by atoms with van der Waals surface area (Å²) in [7, 11) is 0. The van der Waals surface area contributed by atoms with Crippen molar-refractivity contribution in [1.82, 2.24) is 15.3 Å². The molecule has 4 nitrogen and oxygen atoms in total. The highest BCUT2D eigenvalue weighted by atomic mass is 32.1. The summed E-state index contributed by atoms with van der Waals surface area (Å²) in [6.45, 7) is 1.79. The maximum Gasteiger partial charge on any atom is 0.279 e. The van der Waals surface area contributed by atoms with E-state index >= 15 is 0 Å². The quantitative estimate of drug-likeness (QED) is 0.335. The van der Waals surface area contributed by atoms with Gasteiger partial charge in [-0.1, -0.05) is 53.8 Å². The highest BCUT2D eigenvalue weighted by Gasteiger charge is 2.08. The molecule has 0 aliphatic rings. The molecule has 0 spiro atoms. The van der Waals surface area contributed by atoms with Crippen molar-refractivity contribution in [3.63, 3.8) is 0 Å². The van der Waals surface area contributed by atoms with Gasteiger partial charge in [-0.3, -0.25) is 0 Å². The summed E-state index contributed by atoms with van der Waals surface area (Å²) < 4.78 is 7.13. The van der Waals surface area contributed by atoms with Crippen molar-refractivity contribution in [3.8, 4) is 10.9 Å². The van der Waals surface area contributed by atoms with Gasteiger partial charge >= 0.3 is 0 Å². The molecule has 5 rings (SSSR count). The molecular weight excluding hydrogens is 378 g/mol. The first-order chi connectivity index (χ1) is 14.3. The lowest BCUT2D eigenvalue weighted by molar-refractivity contribution is 0.481. The third-order valence-electron chi connectivity index (χ3n) is 4.97. The summed E-state index contributed by atoms with van der Waals surface area (Å²) in [5.74, 6) is 0.794. The Balaban J connectivity index is 1.24. The van der Waals surface area contributed by atoms with Crippen molar-refractivity contribution < 1.29 is 4.74 Å². The fourth-order valence-corrected chi connectivity index (χ4v) is 4.31. The van der Waals surface area contributed by atoms with Crippen molar-refractivity contribution in [1.29, 1.82) is 0 Å². The average Bonchev–Trinajstić information content (AvgIpc) is 3.35. The van der Waals surface area contributed by atoms with Crippen molar-refractivity contribution in [2.45, 2.75) is 13.0 Å². The molecule has 0 atom stereocenters. The van der Waals surface area contributed by atoms with E-state index in [0.717, 1.165) is 41.0 Å². The first-order valence-electron chi connectivity index (χ1n) is 9.73. The lowest BCUT2D eigenvalue weighted by atomic mass is 10.1. The third kappa shape index (κ3) is 4.01. The molecule has 144 valence electrons. The summed E-state index contributed by atoms with van der Waals surface area (Å²) in [6, 6.07) is 24.8. The van der Waals surface area contributed by atoms with E-state index in [1.165, 1.54) is 16.5 Å². The van der Waals surface area contributed by atoms with Crippen LogP contribution in [0.4, 0.5) is 0 Å². The first kappa shape index (κ1) is 17.9. The number of ether oxygens (including phenoxy) is 1. The maximum absolute atomic E-state index is 6.00. The summed E-state index contributed by atoms with van der Waals surface area (Å²) in [5, 5.41) is 5.42. The predicted octanol–water partition coefficient (Wildman–Crippen LogP) is 5.90. The Morgan fingerprint density at radius 3 is 2.72 bits per heavy atom. The van der Waals surface area contributed by atoms with Gasteiger partial charge in [0.15, 0.2) is 0 Å².